The molecule has 116 valence electrons. The highest BCUT2D eigenvalue weighted by Crippen LogP contribution is 2.15. The van der Waals surface area contributed by atoms with E-state index in [4.69, 9.17) is 0 Å². The van der Waals surface area contributed by atoms with E-state index in [-0.39, 0.29) is 17.9 Å². The van der Waals surface area contributed by atoms with E-state index in [1.807, 2.05) is 11.8 Å². The van der Waals surface area contributed by atoms with Crippen molar-refractivity contribution in [3.8, 4) is 0 Å². The average molecular weight is 282 g/mol. The largest absolute Gasteiger partial charge is 0.353 e. The van der Waals surface area contributed by atoms with Gasteiger partial charge in [0.1, 0.15) is 0 Å². The summed E-state index contributed by atoms with van der Waals surface area (Å²) in [5, 5.41) is 2.98. The SMILES string of the molecule is CCC(CC)CN(CC)C(=O)C[C@@H]1CCCCC(=O)N1. The first-order valence-corrected chi connectivity index (χ1v) is 8.17. The molecule has 0 aliphatic carbocycles. The Morgan fingerprint density at radius 3 is 2.60 bits per heavy atom. The predicted molar refractivity (Wildman–Crippen MR) is 81.3 cm³/mol. The molecule has 1 aliphatic heterocycles. The second-order valence-corrected chi connectivity index (χ2v) is 5.83. The van der Waals surface area contributed by atoms with Crippen LogP contribution in [0.15, 0.2) is 0 Å². The van der Waals surface area contributed by atoms with Crippen molar-refractivity contribution in [2.45, 2.75) is 71.8 Å². The van der Waals surface area contributed by atoms with Crippen LogP contribution in [0.4, 0.5) is 0 Å². The summed E-state index contributed by atoms with van der Waals surface area (Å²) >= 11 is 0. The fourth-order valence-electron chi connectivity index (χ4n) is 2.81. The van der Waals surface area contributed by atoms with Crippen LogP contribution in [0.5, 0.6) is 0 Å². The van der Waals surface area contributed by atoms with E-state index in [1.165, 1.54) is 0 Å². The molecule has 1 atom stereocenters. The Morgan fingerprint density at radius 2 is 2.00 bits per heavy atom. The molecule has 0 bridgehead atoms. The van der Waals surface area contributed by atoms with E-state index in [0.717, 1.165) is 45.2 Å². The lowest BCUT2D eigenvalue weighted by atomic mass is 10.0. The molecule has 2 amide bonds. The Balaban J connectivity index is 2.51. The molecule has 0 aromatic carbocycles. The molecule has 1 heterocycles. The van der Waals surface area contributed by atoms with Crippen LogP contribution in [0, 0.1) is 5.92 Å². The smallest absolute Gasteiger partial charge is 0.224 e. The summed E-state index contributed by atoms with van der Waals surface area (Å²) in [6, 6.07) is 0.0354. The van der Waals surface area contributed by atoms with Gasteiger partial charge in [0, 0.05) is 32.0 Å². The van der Waals surface area contributed by atoms with Gasteiger partial charge in [0.2, 0.25) is 11.8 Å². The molecule has 1 aliphatic rings. The van der Waals surface area contributed by atoms with Crippen LogP contribution in [0.1, 0.15) is 65.7 Å². The molecule has 0 aromatic rings. The number of carbonyl (C=O) groups excluding carboxylic acids is 2. The van der Waals surface area contributed by atoms with Gasteiger partial charge in [-0.1, -0.05) is 33.1 Å². The molecular weight excluding hydrogens is 252 g/mol. The zero-order chi connectivity index (χ0) is 15.0. The van der Waals surface area contributed by atoms with Crippen LogP contribution in [-0.4, -0.2) is 35.8 Å². The Morgan fingerprint density at radius 1 is 1.30 bits per heavy atom. The van der Waals surface area contributed by atoms with Crippen LogP contribution in [0.2, 0.25) is 0 Å². The van der Waals surface area contributed by atoms with E-state index in [2.05, 4.69) is 19.2 Å². The Bertz CT molecular complexity index is 314. The molecule has 0 unspecified atom stereocenters. The number of nitrogens with zero attached hydrogens (tertiary/aromatic N) is 1. The first-order chi connectivity index (χ1) is 9.60. The zero-order valence-corrected chi connectivity index (χ0v) is 13.3. The van der Waals surface area contributed by atoms with E-state index >= 15 is 0 Å². The van der Waals surface area contributed by atoms with E-state index in [9.17, 15) is 9.59 Å². The molecule has 4 nitrogen and oxygen atoms in total. The standard InChI is InChI=1S/C16H30N2O2/c1-4-13(5-2)12-18(6-3)16(20)11-14-9-7-8-10-15(19)17-14/h13-14H,4-12H2,1-3H3,(H,17,19)/t14-/m0/s1. The fourth-order valence-corrected chi connectivity index (χ4v) is 2.81. The first-order valence-electron chi connectivity index (χ1n) is 8.17. The van der Waals surface area contributed by atoms with Crippen LogP contribution >= 0.6 is 0 Å². The minimum absolute atomic E-state index is 0.0354. The number of hydrogen-bond acceptors (Lipinski definition) is 2. The first kappa shape index (κ1) is 17.0. The van der Waals surface area contributed by atoms with Gasteiger partial charge in [-0.05, 0) is 25.7 Å². The summed E-state index contributed by atoms with van der Waals surface area (Å²) in [7, 11) is 0. The third-order valence-corrected chi connectivity index (χ3v) is 4.36. The third kappa shape index (κ3) is 5.51. The molecule has 0 spiro atoms. The monoisotopic (exact) mass is 282 g/mol. The van der Waals surface area contributed by atoms with Crippen LogP contribution < -0.4 is 5.32 Å². The highest BCUT2D eigenvalue weighted by molar-refractivity contribution is 5.80. The van der Waals surface area contributed by atoms with Gasteiger partial charge in [0.25, 0.3) is 0 Å². The molecular formula is C16H30N2O2. The summed E-state index contributed by atoms with van der Waals surface area (Å²) in [6.07, 6.45) is 6.20. The third-order valence-electron chi connectivity index (χ3n) is 4.36. The zero-order valence-electron chi connectivity index (χ0n) is 13.3. The molecule has 1 saturated heterocycles. The van der Waals surface area contributed by atoms with Crippen molar-refractivity contribution in [1.29, 1.82) is 0 Å². The number of nitrogens with one attached hydrogen (secondary N) is 1. The lowest BCUT2D eigenvalue weighted by molar-refractivity contribution is -0.132. The summed E-state index contributed by atoms with van der Waals surface area (Å²) < 4.78 is 0. The topological polar surface area (TPSA) is 49.4 Å². The Labute approximate surface area is 123 Å². The van der Waals surface area contributed by atoms with Crippen LogP contribution in [-0.2, 0) is 9.59 Å². The van der Waals surface area contributed by atoms with Crippen molar-refractivity contribution in [2.75, 3.05) is 13.1 Å². The molecule has 0 radical (unpaired) electrons. The molecule has 1 fully saturated rings. The second kappa shape index (κ2) is 8.98. The number of carbonyl (C=O) groups is 2. The normalized spacial score (nSPS) is 19.6. The van der Waals surface area contributed by atoms with Gasteiger partial charge < -0.3 is 10.2 Å². The van der Waals surface area contributed by atoms with Gasteiger partial charge in [-0.25, -0.2) is 0 Å². The van der Waals surface area contributed by atoms with Crippen LogP contribution in [0.3, 0.4) is 0 Å². The number of hydrogen-bond donors (Lipinski definition) is 1. The van der Waals surface area contributed by atoms with Crippen molar-refractivity contribution in [3.05, 3.63) is 0 Å². The van der Waals surface area contributed by atoms with Crippen molar-refractivity contribution < 1.29 is 9.59 Å². The second-order valence-electron chi connectivity index (χ2n) is 5.83. The highest BCUT2D eigenvalue weighted by Gasteiger charge is 2.22. The van der Waals surface area contributed by atoms with Crippen molar-refractivity contribution in [1.82, 2.24) is 10.2 Å². The lowest BCUT2D eigenvalue weighted by Gasteiger charge is -2.27. The highest BCUT2D eigenvalue weighted by atomic mass is 16.2. The summed E-state index contributed by atoms with van der Waals surface area (Å²) in [4.78, 5) is 25.9. The lowest BCUT2D eigenvalue weighted by Crippen LogP contribution is -2.41. The molecule has 1 rings (SSSR count). The van der Waals surface area contributed by atoms with Crippen molar-refractivity contribution in [2.24, 2.45) is 5.92 Å². The molecule has 1 N–H and O–H groups in total. The van der Waals surface area contributed by atoms with E-state index in [1.54, 1.807) is 0 Å². The maximum Gasteiger partial charge on any atom is 0.224 e. The number of rotatable bonds is 7. The van der Waals surface area contributed by atoms with Gasteiger partial charge in [-0.15, -0.1) is 0 Å². The minimum Gasteiger partial charge on any atom is -0.353 e. The summed E-state index contributed by atoms with van der Waals surface area (Å²) in [5.74, 6) is 0.873. The number of amides is 2. The average Bonchev–Trinajstić information content (AvgIpc) is 2.64. The maximum atomic E-state index is 12.4. The van der Waals surface area contributed by atoms with Gasteiger partial charge in [-0.3, -0.25) is 9.59 Å². The Hall–Kier alpha value is -1.06. The summed E-state index contributed by atoms with van der Waals surface area (Å²) in [5.41, 5.74) is 0. The molecule has 20 heavy (non-hydrogen) atoms. The van der Waals surface area contributed by atoms with Gasteiger partial charge in [-0.2, -0.15) is 0 Å². The maximum absolute atomic E-state index is 12.4. The summed E-state index contributed by atoms with van der Waals surface area (Å²) in [6.45, 7) is 8.00. The minimum atomic E-state index is 0.0354. The molecule has 4 heteroatoms. The Kier molecular flexibility index (Phi) is 7.63. The van der Waals surface area contributed by atoms with Gasteiger partial charge in [0.15, 0.2) is 0 Å². The van der Waals surface area contributed by atoms with E-state index in [0.29, 0.717) is 18.8 Å². The molecule has 0 saturated carbocycles. The van der Waals surface area contributed by atoms with Gasteiger partial charge in [0.05, 0.1) is 0 Å². The predicted octanol–water partition coefficient (Wildman–Crippen LogP) is 2.72. The quantitative estimate of drug-likeness (QED) is 0.780. The van der Waals surface area contributed by atoms with Crippen molar-refractivity contribution >= 4 is 11.8 Å². The van der Waals surface area contributed by atoms with Gasteiger partial charge >= 0.3 is 0 Å². The van der Waals surface area contributed by atoms with E-state index < -0.39 is 0 Å². The fraction of sp³-hybridized carbons (Fsp3) is 0.875. The van der Waals surface area contributed by atoms with Crippen LogP contribution in [0.25, 0.3) is 0 Å². The van der Waals surface area contributed by atoms with Crippen molar-refractivity contribution in [3.63, 3.8) is 0 Å². The molecule has 0 aromatic heterocycles.